The first-order valence-corrected chi connectivity index (χ1v) is 7.49. The summed E-state index contributed by atoms with van der Waals surface area (Å²) in [5.41, 5.74) is 9.06. The molecule has 0 amide bonds. The van der Waals surface area contributed by atoms with E-state index in [0.717, 1.165) is 41.2 Å². The van der Waals surface area contributed by atoms with Crippen LogP contribution in [0.5, 0.6) is 0 Å². The molecule has 2 N–H and O–H groups in total. The summed E-state index contributed by atoms with van der Waals surface area (Å²) in [4.78, 5) is 7.28. The van der Waals surface area contributed by atoms with Gasteiger partial charge in [0.2, 0.25) is 0 Å². The molecule has 1 aliphatic heterocycles. The number of aromatic nitrogens is 3. The summed E-state index contributed by atoms with van der Waals surface area (Å²) in [5.74, 6) is 1.06. The lowest BCUT2D eigenvalue weighted by Gasteiger charge is -2.24. The number of nitrogens with zero attached hydrogens (tertiary/aromatic N) is 4. The van der Waals surface area contributed by atoms with E-state index in [-0.39, 0.29) is 0 Å². The van der Waals surface area contributed by atoms with Gasteiger partial charge in [-0.25, -0.2) is 4.98 Å². The van der Waals surface area contributed by atoms with Gasteiger partial charge in [-0.3, -0.25) is 4.68 Å². The number of anilines is 1. The fourth-order valence-corrected chi connectivity index (χ4v) is 3.08. The highest BCUT2D eigenvalue weighted by molar-refractivity contribution is 5.81. The van der Waals surface area contributed by atoms with Crippen molar-refractivity contribution in [2.45, 2.75) is 39.2 Å². The molecule has 20 heavy (non-hydrogen) atoms. The summed E-state index contributed by atoms with van der Waals surface area (Å²) in [6, 6.07) is 2.17. The van der Waals surface area contributed by atoms with E-state index in [0.29, 0.717) is 6.54 Å². The van der Waals surface area contributed by atoms with Crippen LogP contribution in [0, 0.1) is 6.92 Å². The molecule has 2 aromatic heterocycles. The predicted molar refractivity (Wildman–Crippen MR) is 81.8 cm³/mol. The third-order valence-corrected chi connectivity index (χ3v) is 4.18. The van der Waals surface area contributed by atoms with Gasteiger partial charge in [-0.05, 0) is 25.8 Å². The second-order valence-electron chi connectivity index (χ2n) is 5.66. The highest BCUT2D eigenvalue weighted by Gasteiger charge is 2.17. The van der Waals surface area contributed by atoms with Gasteiger partial charge in [-0.15, -0.1) is 0 Å². The van der Waals surface area contributed by atoms with Crippen LogP contribution in [0.4, 0.5) is 5.82 Å². The molecule has 0 aliphatic carbocycles. The maximum atomic E-state index is 5.95. The molecule has 0 atom stereocenters. The molecule has 0 radical (unpaired) electrons. The van der Waals surface area contributed by atoms with Crippen LogP contribution in [0.25, 0.3) is 11.0 Å². The zero-order chi connectivity index (χ0) is 14.1. The second kappa shape index (κ2) is 5.40. The molecule has 1 aliphatic rings. The van der Waals surface area contributed by atoms with Crippen LogP contribution < -0.4 is 10.6 Å². The third kappa shape index (κ3) is 2.26. The van der Waals surface area contributed by atoms with Crippen LogP contribution in [0.1, 0.15) is 36.9 Å². The van der Waals surface area contributed by atoms with Crippen LogP contribution in [0.15, 0.2) is 6.07 Å². The molecule has 0 bridgehead atoms. The molecular weight excluding hydrogens is 250 g/mol. The fraction of sp³-hybridized carbons (Fsp3) is 0.600. The minimum absolute atomic E-state index is 0.531. The van der Waals surface area contributed by atoms with E-state index in [1.165, 1.54) is 25.7 Å². The van der Waals surface area contributed by atoms with Crippen LogP contribution in [0.2, 0.25) is 0 Å². The van der Waals surface area contributed by atoms with Crippen molar-refractivity contribution in [3.63, 3.8) is 0 Å². The lowest BCUT2D eigenvalue weighted by atomic mass is 10.1. The van der Waals surface area contributed by atoms with Crippen molar-refractivity contribution < 1.29 is 0 Å². The van der Waals surface area contributed by atoms with Gasteiger partial charge in [-0.2, -0.15) is 5.10 Å². The van der Waals surface area contributed by atoms with Crippen molar-refractivity contribution in [1.82, 2.24) is 14.8 Å². The largest absolute Gasteiger partial charge is 0.356 e. The molecule has 0 unspecified atom stereocenters. The molecule has 0 spiro atoms. The molecule has 5 nitrogen and oxygen atoms in total. The molecule has 3 heterocycles. The van der Waals surface area contributed by atoms with Crippen molar-refractivity contribution in [1.29, 1.82) is 0 Å². The quantitative estimate of drug-likeness (QED) is 0.910. The molecular formula is C15H23N5. The number of pyridine rings is 1. The molecule has 1 saturated heterocycles. The Balaban J connectivity index is 2.10. The summed E-state index contributed by atoms with van der Waals surface area (Å²) in [7, 11) is 1.96. The van der Waals surface area contributed by atoms with Crippen LogP contribution in [-0.4, -0.2) is 27.9 Å². The van der Waals surface area contributed by atoms with Gasteiger partial charge in [0.05, 0.1) is 5.69 Å². The van der Waals surface area contributed by atoms with Gasteiger partial charge >= 0.3 is 0 Å². The Morgan fingerprint density at radius 1 is 1.20 bits per heavy atom. The number of rotatable bonds is 2. The highest BCUT2D eigenvalue weighted by atomic mass is 15.3. The first-order chi connectivity index (χ1) is 9.70. The smallest absolute Gasteiger partial charge is 0.160 e. The van der Waals surface area contributed by atoms with Gasteiger partial charge in [-0.1, -0.05) is 12.8 Å². The second-order valence-corrected chi connectivity index (χ2v) is 5.66. The maximum Gasteiger partial charge on any atom is 0.160 e. The first-order valence-electron chi connectivity index (χ1n) is 7.49. The number of nitrogens with two attached hydrogens (primary N) is 1. The molecule has 5 heteroatoms. The summed E-state index contributed by atoms with van der Waals surface area (Å²) >= 11 is 0. The summed E-state index contributed by atoms with van der Waals surface area (Å²) in [6.45, 7) is 4.73. The van der Waals surface area contributed by atoms with Gasteiger partial charge in [0.25, 0.3) is 0 Å². The van der Waals surface area contributed by atoms with E-state index in [1.54, 1.807) is 0 Å². The molecule has 0 saturated carbocycles. The predicted octanol–water partition coefficient (Wildman–Crippen LogP) is 2.12. The normalized spacial score (nSPS) is 16.6. The Hall–Kier alpha value is -1.62. The number of fused-ring (bicyclic) bond motifs is 1. The van der Waals surface area contributed by atoms with Crippen LogP contribution >= 0.6 is 0 Å². The van der Waals surface area contributed by atoms with Gasteiger partial charge < -0.3 is 10.6 Å². The minimum atomic E-state index is 0.531. The highest BCUT2D eigenvalue weighted by Crippen LogP contribution is 2.26. The molecule has 3 rings (SSSR count). The molecule has 1 fully saturated rings. The summed E-state index contributed by atoms with van der Waals surface area (Å²) in [6.07, 6.45) is 5.13. The standard InChI is InChI=1S/C15H23N5/c1-11-13-9-12(10-16)14(17-15(13)19(2)18-11)20-7-5-3-4-6-8-20/h9H,3-8,10,16H2,1-2H3. The van der Waals surface area contributed by atoms with Gasteiger partial charge in [0.1, 0.15) is 5.82 Å². The molecule has 108 valence electrons. The molecule has 2 aromatic rings. The third-order valence-electron chi connectivity index (χ3n) is 4.18. The van der Waals surface area contributed by atoms with E-state index in [1.807, 2.05) is 18.7 Å². The van der Waals surface area contributed by atoms with Crippen molar-refractivity contribution in [2.24, 2.45) is 12.8 Å². The van der Waals surface area contributed by atoms with Crippen LogP contribution in [-0.2, 0) is 13.6 Å². The maximum absolute atomic E-state index is 5.95. The van der Waals surface area contributed by atoms with Gasteiger partial charge in [0, 0.05) is 37.6 Å². The Kier molecular flexibility index (Phi) is 3.61. The van der Waals surface area contributed by atoms with Crippen molar-refractivity contribution >= 4 is 16.9 Å². The van der Waals surface area contributed by atoms with E-state index < -0.39 is 0 Å². The topological polar surface area (TPSA) is 60.0 Å². The fourth-order valence-electron chi connectivity index (χ4n) is 3.08. The lowest BCUT2D eigenvalue weighted by Crippen LogP contribution is -2.26. The van der Waals surface area contributed by atoms with E-state index in [4.69, 9.17) is 10.7 Å². The average Bonchev–Trinajstić information content (AvgIpc) is 2.66. The van der Waals surface area contributed by atoms with Gasteiger partial charge in [0.15, 0.2) is 5.65 Å². The summed E-state index contributed by atoms with van der Waals surface area (Å²) < 4.78 is 1.87. The Bertz CT molecular complexity index is 608. The number of hydrogen-bond acceptors (Lipinski definition) is 4. The first kappa shape index (κ1) is 13.4. The van der Waals surface area contributed by atoms with E-state index >= 15 is 0 Å². The summed E-state index contributed by atoms with van der Waals surface area (Å²) in [5, 5.41) is 5.58. The monoisotopic (exact) mass is 273 g/mol. The zero-order valence-corrected chi connectivity index (χ0v) is 12.4. The Labute approximate surface area is 119 Å². The minimum Gasteiger partial charge on any atom is -0.356 e. The van der Waals surface area contributed by atoms with Crippen molar-refractivity contribution in [2.75, 3.05) is 18.0 Å². The van der Waals surface area contributed by atoms with E-state index in [9.17, 15) is 0 Å². The lowest BCUT2D eigenvalue weighted by molar-refractivity contribution is 0.726. The molecule has 0 aromatic carbocycles. The van der Waals surface area contributed by atoms with Crippen molar-refractivity contribution in [3.8, 4) is 0 Å². The average molecular weight is 273 g/mol. The van der Waals surface area contributed by atoms with Crippen LogP contribution in [0.3, 0.4) is 0 Å². The number of aryl methyl sites for hydroxylation is 2. The SMILES string of the molecule is Cc1nn(C)c2nc(N3CCCCCC3)c(CN)cc12. The van der Waals surface area contributed by atoms with E-state index in [2.05, 4.69) is 16.1 Å². The zero-order valence-electron chi connectivity index (χ0n) is 12.4. The van der Waals surface area contributed by atoms with Crippen molar-refractivity contribution in [3.05, 3.63) is 17.3 Å². The Morgan fingerprint density at radius 2 is 1.90 bits per heavy atom. The Morgan fingerprint density at radius 3 is 2.55 bits per heavy atom. The number of hydrogen-bond donors (Lipinski definition) is 1.